The van der Waals surface area contributed by atoms with Gasteiger partial charge in [-0.2, -0.15) is 0 Å². The van der Waals surface area contributed by atoms with Crippen molar-refractivity contribution in [3.63, 3.8) is 0 Å². The van der Waals surface area contributed by atoms with E-state index in [9.17, 15) is 0 Å². The van der Waals surface area contributed by atoms with Crippen LogP contribution in [0.25, 0.3) is 0 Å². The highest BCUT2D eigenvalue weighted by Crippen LogP contribution is 2.26. The van der Waals surface area contributed by atoms with E-state index >= 15 is 0 Å². The lowest BCUT2D eigenvalue weighted by atomic mass is 9.90. The average molecular weight is 607 g/mol. The van der Waals surface area contributed by atoms with Gasteiger partial charge in [0.2, 0.25) is 0 Å². The lowest BCUT2D eigenvalue weighted by molar-refractivity contribution is -0.897. The van der Waals surface area contributed by atoms with Crippen molar-refractivity contribution in [3.8, 4) is 0 Å². The zero-order valence-corrected chi connectivity index (χ0v) is 31.6. The molecule has 0 saturated heterocycles. The van der Waals surface area contributed by atoms with Crippen LogP contribution in [-0.2, 0) is 0 Å². The molecule has 0 N–H and O–H groups in total. The van der Waals surface area contributed by atoms with Crippen LogP contribution in [0.2, 0.25) is 0 Å². The maximum Gasteiger partial charge on any atom is 0.0811 e. The van der Waals surface area contributed by atoms with E-state index < -0.39 is 0 Å². The van der Waals surface area contributed by atoms with Gasteiger partial charge in [-0.3, -0.25) is 0 Å². The summed E-state index contributed by atoms with van der Waals surface area (Å²) in [4.78, 5) is 0. The van der Waals surface area contributed by atoms with Crippen LogP contribution in [0.1, 0.15) is 233 Å². The predicted octanol–water partition coefficient (Wildman–Crippen LogP) is 14.9. The molecule has 0 amide bonds. The van der Waals surface area contributed by atoms with Crippen molar-refractivity contribution in [2.75, 3.05) is 27.2 Å². The number of rotatable bonds is 36. The Morgan fingerprint density at radius 2 is 0.465 bits per heavy atom. The summed E-state index contributed by atoms with van der Waals surface area (Å²) in [7, 11) is 5.20. The molecular weight excluding hydrogens is 518 g/mol. The quantitative estimate of drug-likeness (QED) is 0.0491. The van der Waals surface area contributed by atoms with Crippen LogP contribution in [0, 0.1) is 11.8 Å². The molecule has 2 atom stereocenters. The molecule has 0 spiro atoms. The molecular formula is C42H88N+. The third-order valence-electron chi connectivity index (χ3n) is 10.4. The fourth-order valence-corrected chi connectivity index (χ4v) is 7.69. The Hall–Kier alpha value is -0.0400. The summed E-state index contributed by atoms with van der Waals surface area (Å²) in [5.74, 6) is 1.89. The lowest BCUT2D eigenvalue weighted by Gasteiger charge is -2.37. The van der Waals surface area contributed by atoms with E-state index in [0.29, 0.717) is 0 Å². The maximum atomic E-state index is 2.60. The topological polar surface area (TPSA) is 0 Å². The Kier molecular flexibility index (Phi) is 33.3. The van der Waals surface area contributed by atoms with Gasteiger partial charge in [0.25, 0.3) is 0 Å². The average Bonchev–Trinajstić information content (AvgIpc) is 2.98. The molecule has 43 heavy (non-hydrogen) atoms. The minimum Gasteiger partial charge on any atom is -0.328 e. The number of quaternary nitrogens is 1. The van der Waals surface area contributed by atoms with Gasteiger partial charge in [-0.25, -0.2) is 0 Å². The number of unbranched alkanes of at least 4 members (excludes halogenated alkanes) is 24. The Morgan fingerprint density at radius 1 is 0.279 bits per heavy atom. The first-order valence-electron chi connectivity index (χ1n) is 20.8. The molecule has 0 heterocycles. The normalized spacial score (nSPS) is 13.5. The van der Waals surface area contributed by atoms with Crippen molar-refractivity contribution < 1.29 is 4.48 Å². The summed E-state index contributed by atoms with van der Waals surface area (Å²) in [6, 6.07) is 0. The molecule has 2 unspecified atom stereocenters. The molecule has 0 radical (unpaired) electrons. The van der Waals surface area contributed by atoms with Crippen molar-refractivity contribution in [1.82, 2.24) is 0 Å². The highest BCUT2D eigenvalue weighted by atomic mass is 15.3. The number of hydrogen-bond acceptors (Lipinski definition) is 0. The minimum absolute atomic E-state index is 0.944. The van der Waals surface area contributed by atoms with Crippen LogP contribution >= 0.6 is 0 Å². The summed E-state index contributed by atoms with van der Waals surface area (Å²) in [5, 5.41) is 0. The molecule has 260 valence electrons. The third-order valence-corrected chi connectivity index (χ3v) is 10.4. The highest BCUT2D eigenvalue weighted by Gasteiger charge is 2.26. The van der Waals surface area contributed by atoms with Crippen molar-refractivity contribution in [1.29, 1.82) is 0 Å². The van der Waals surface area contributed by atoms with Gasteiger partial charge in [-0.15, -0.1) is 0 Å². The molecule has 0 aromatic rings. The Morgan fingerprint density at radius 3 is 0.674 bits per heavy atom. The summed E-state index contributed by atoms with van der Waals surface area (Å²) in [6.07, 6.45) is 46.6. The van der Waals surface area contributed by atoms with Gasteiger partial charge >= 0.3 is 0 Å². The van der Waals surface area contributed by atoms with Crippen LogP contribution in [0.15, 0.2) is 0 Å². The fourth-order valence-electron chi connectivity index (χ4n) is 7.69. The van der Waals surface area contributed by atoms with Crippen molar-refractivity contribution >= 4 is 0 Å². The first-order chi connectivity index (χ1) is 21.0. The molecule has 0 aromatic carbocycles. The molecule has 0 fully saturated rings. The van der Waals surface area contributed by atoms with Crippen LogP contribution in [0.3, 0.4) is 0 Å². The van der Waals surface area contributed by atoms with Gasteiger partial charge < -0.3 is 4.48 Å². The van der Waals surface area contributed by atoms with Gasteiger partial charge in [0.05, 0.1) is 27.2 Å². The molecule has 1 nitrogen and oxygen atoms in total. The first-order valence-corrected chi connectivity index (χ1v) is 20.8. The predicted molar refractivity (Wildman–Crippen MR) is 199 cm³/mol. The summed E-state index contributed by atoms with van der Waals surface area (Å²) >= 11 is 0. The molecule has 0 aliphatic rings. The molecule has 0 rings (SSSR count). The third kappa shape index (κ3) is 31.7. The molecule has 0 bridgehead atoms. The zero-order chi connectivity index (χ0) is 31.7. The summed E-state index contributed by atoms with van der Waals surface area (Å²) in [5.41, 5.74) is 0. The van der Waals surface area contributed by atoms with E-state index in [1.807, 2.05) is 0 Å². The van der Waals surface area contributed by atoms with E-state index in [1.54, 1.807) is 0 Å². The number of nitrogens with zero attached hydrogens (tertiary/aromatic N) is 1. The van der Waals surface area contributed by atoms with Crippen LogP contribution in [0.4, 0.5) is 0 Å². The summed E-state index contributed by atoms with van der Waals surface area (Å²) < 4.78 is 1.27. The Labute approximate surface area is 276 Å². The van der Waals surface area contributed by atoms with E-state index in [4.69, 9.17) is 0 Å². The van der Waals surface area contributed by atoms with Crippen molar-refractivity contribution in [2.24, 2.45) is 11.8 Å². The van der Waals surface area contributed by atoms with E-state index in [1.165, 1.54) is 223 Å². The minimum atomic E-state index is 0.944. The van der Waals surface area contributed by atoms with Crippen LogP contribution < -0.4 is 0 Å². The van der Waals surface area contributed by atoms with E-state index in [-0.39, 0.29) is 0 Å². The van der Waals surface area contributed by atoms with Gasteiger partial charge in [-0.1, -0.05) is 207 Å². The second-order valence-electron chi connectivity index (χ2n) is 15.7. The second-order valence-corrected chi connectivity index (χ2v) is 15.7. The SMILES string of the molecule is CCCCCCCCCCC(CCCCCCCC)C[N+](C)(C)CC(CCCCCCCC)CCCCCCCCCC. The molecule has 0 saturated carbocycles. The van der Waals surface area contributed by atoms with Crippen molar-refractivity contribution in [3.05, 3.63) is 0 Å². The summed E-state index contributed by atoms with van der Waals surface area (Å²) in [6.45, 7) is 12.2. The van der Waals surface area contributed by atoms with E-state index in [2.05, 4.69) is 41.8 Å². The number of hydrogen-bond donors (Lipinski definition) is 0. The molecule has 0 aliphatic carbocycles. The lowest BCUT2D eigenvalue weighted by Crippen LogP contribution is -2.46. The van der Waals surface area contributed by atoms with Gasteiger partial charge in [0, 0.05) is 11.8 Å². The second kappa shape index (κ2) is 33.3. The smallest absolute Gasteiger partial charge is 0.0811 e. The Bertz CT molecular complexity index is 467. The van der Waals surface area contributed by atoms with Gasteiger partial charge in [-0.05, 0) is 25.7 Å². The standard InChI is InChI=1S/C42H88N/c1-7-11-15-19-23-25-29-33-37-41(35-31-27-21-17-13-9-3)39-43(5,6)40-42(36-32-28-22-18-14-10-4)38-34-30-26-24-20-16-12-8-2/h41-42H,7-40H2,1-6H3/q+1. The van der Waals surface area contributed by atoms with Gasteiger partial charge in [0.15, 0.2) is 0 Å². The molecule has 1 heteroatoms. The zero-order valence-electron chi connectivity index (χ0n) is 31.6. The Balaban J connectivity index is 4.84. The molecule has 0 aliphatic heterocycles. The fraction of sp³-hybridized carbons (Fsp3) is 1.00. The van der Waals surface area contributed by atoms with E-state index in [0.717, 1.165) is 11.8 Å². The maximum absolute atomic E-state index is 2.60. The highest BCUT2D eigenvalue weighted by molar-refractivity contribution is 4.65. The first kappa shape index (κ1) is 43.0. The van der Waals surface area contributed by atoms with Crippen molar-refractivity contribution in [2.45, 2.75) is 233 Å². The largest absolute Gasteiger partial charge is 0.328 e. The van der Waals surface area contributed by atoms with Crippen LogP contribution in [-0.4, -0.2) is 31.7 Å². The monoisotopic (exact) mass is 607 g/mol. The van der Waals surface area contributed by atoms with Gasteiger partial charge in [0.1, 0.15) is 0 Å². The van der Waals surface area contributed by atoms with Crippen LogP contribution in [0.5, 0.6) is 0 Å². The molecule has 0 aromatic heterocycles.